The standard InChI is InChI=1S/C14H20O4/c1-13(2,3)18-12(16)9-14(4,17)10-7-5-6-8-11(10)15/h5-8,15,17H,9H2,1-4H3/t14-/m0/s1. The van der Waals surface area contributed by atoms with Crippen molar-refractivity contribution in [3.8, 4) is 5.75 Å². The van der Waals surface area contributed by atoms with Crippen molar-refractivity contribution in [1.29, 1.82) is 0 Å². The van der Waals surface area contributed by atoms with E-state index in [2.05, 4.69) is 0 Å². The predicted octanol–water partition coefficient (Wildman–Crippen LogP) is 2.33. The number of para-hydroxylation sites is 1. The molecule has 1 aromatic carbocycles. The second-order valence-electron chi connectivity index (χ2n) is 5.55. The van der Waals surface area contributed by atoms with Crippen LogP contribution < -0.4 is 0 Å². The highest BCUT2D eigenvalue weighted by atomic mass is 16.6. The van der Waals surface area contributed by atoms with Gasteiger partial charge in [-0.2, -0.15) is 0 Å². The highest BCUT2D eigenvalue weighted by Crippen LogP contribution is 2.32. The number of hydrogen-bond donors (Lipinski definition) is 2. The molecule has 1 aromatic rings. The fourth-order valence-electron chi connectivity index (χ4n) is 1.68. The van der Waals surface area contributed by atoms with Crippen molar-refractivity contribution in [2.75, 3.05) is 0 Å². The molecule has 0 aliphatic carbocycles. The first-order valence-corrected chi connectivity index (χ1v) is 5.84. The summed E-state index contributed by atoms with van der Waals surface area (Å²) in [6.45, 7) is 6.77. The quantitative estimate of drug-likeness (QED) is 0.810. The maximum atomic E-state index is 11.7. The summed E-state index contributed by atoms with van der Waals surface area (Å²) in [5.74, 6) is -0.540. The van der Waals surface area contributed by atoms with E-state index in [1.807, 2.05) is 0 Å². The van der Waals surface area contributed by atoms with Gasteiger partial charge >= 0.3 is 5.97 Å². The molecule has 100 valence electrons. The zero-order valence-corrected chi connectivity index (χ0v) is 11.2. The third kappa shape index (κ3) is 4.04. The van der Waals surface area contributed by atoms with E-state index < -0.39 is 17.2 Å². The van der Waals surface area contributed by atoms with Crippen LogP contribution in [0.2, 0.25) is 0 Å². The number of carbonyl (C=O) groups excluding carboxylic acids is 1. The molecule has 18 heavy (non-hydrogen) atoms. The minimum atomic E-state index is -1.45. The van der Waals surface area contributed by atoms with Gasteiger partial charge in [0.15, 0.2) is 0 Å². The van der Waals surface area contributed by atoms with Crippen molar-refractivity contribution in [3.05, 3.63) is 29.8 Å². The Morgan fingerprint density at radius 3 is 2.28 bits per heavy atom. The molecule has 4 nitrogen and oxygen atoms in total. The lowest BCUT2D eigenvalue weighted by molar-refractivity contribution is -0.160. The first-order valence-electron chi connectivity index (χ1n) is 5.84. The van der Waals surface area contributed by atoms with E-state index in [9.17, 15) is 15.0 Å². The lowest BCUT2D eigenvalue weighted by Gasteiger charge is -2.26. The predicted molar refractivity (Wildman–Crippen MR) is 68.1 cm³/mol. The summed E-state index contributed by atoms with van der Waals surface area (Å²) in [4.78, 5) is 11.7. The van der Waals surface area contributed by atoms with Crippen LogP contribution in [0.25, 0.3) is 0 Å². The van der Waals surface area contributed by atoms with Crippen LogP contribution in [-0.2, 0) is 15.1 Å². The van der Waals surface area contributed by atoms with Crippen molar-refractivity contribution in [2.45, 2.75) is 45.3 Å². The number of phenolic OH excluding ortho intramolecular Hbond substituents is 1. The van der Waals surface area contributed by atoms with Gasteiger partial charge in [-0.15, -0.1) is 0 Å². The second kappa shape index (κ2) is 4.98. The van der Waals surface area contributed by atoms with Gasteiger partial charge in [0.1, 0.15) is 17.0 Å². The van der Waals surface area contributed by atoms with Crippen LogP contribution >= 0.6 is 0 Å². The Kier molecular flexibility index (Phi) is 4.02. The summed E-state index contributed by atoms with van der Waals surface area (Å²) in [6.07, 6.45) is -0.207. The van der Waals surface area contributed by atoms with Crippen molar-refractivity contribution in [1.82, 2.24) is 0 Å². The molecule has 1 rings (SSSR count). The van der Waals surface area contributed by atoms with Gasteiger partial charge in [0, 0.05) is 5.56 Å². The Labute approximate surface area is 107 Å². The maximum absolute atomic E-state index is 11.7. The molecule has 0 amide bonds. The van der Waals surface area contributed by atoms with Crippen LogP contribution in [0.1, 0.15) is 39.7 Å². The largest absolute Gasteiger partial charge is 0.508 e. The molecule has 1 atom stereocenters. The average molecular weight is 252 g/mol. The van der Waals surface area contributed by atoms with E-state index in [0.29, 0.717) is 5.56 Å². The Morgan fingerprint density at radius 2 is 1.78 bits per heavy atom. The summed E-state index contributed by atoms with van der Waals surface area (Å²) in [5.41, 5.74) is -1.73. The number of aromatic hydroxyl groups is 1. The van der Waals surface area contributed by atoms with E-state index in [1.54, 1.807) is 39.0 Å². The first-order chi connectivity index (χ1) is 8.12. The summed E-state index contributed by atoms with van der Waals surface area (Å²) < 4.78 is 5.15. The normalized spacial score (nSPS) is 14.9. The molecule has 0 unspecified atom stereocenters. The molecule has 0 saturated carbocycles. The van der Waals surface area contributed by atoms with Crippen molar-refractivity contribution in [3.63, 3.8) is 0 Å². The second-order valence-corrected chi connectivity index (χ2v) is 5.55. The number of ether oxygens (including phenoxy) is 1. The highest BCUT2D eigenvalue weighted by molar-refractivity contribution is 5.71. The van der Waals surface area contributed by atoms with Crippen LogP contribution in [0.3, 0.4) is 0 Å². The minimum Gasteiger partial charge on any atom is -0.508 e. The van der Waals surface area contributed by atoms with Gasteiger partial charge in [-0.25, -0.2) is 0 Å². The van der Waals surface area contributed by atoms with E-state index in [0.717, 1.165) is 0 Å². The molecule has 0 aliphatic rings. The molecule has 0 aromatic heterocycles. The summed E-state index contributed by atoms with van der Waals surface area (Å²) in [7, 11) is 0. The van der Waals surface area contributed by atoms with Crippen LogP contribution in [0.5, 0.6) is 5.75 Å². The van der Waals surface area contributed by atoms with Crippen molar-refractivity contribution < 1.29 is 19.7 Å². The van der Waals surface area contributed by atoms with Crippen LogP contribution in [-0.4, -0.2) is 21.8 Å². The molecular formula is C14H20O4. The number of carbonyl (C=O) groups is 1. The zero-order chi connectivity index (χ0) is 14.0. The third-order valence-corrected chi connectivity index (χ3v) is 2.39. The van der Waals surface area contributed by atoms with Gasteiger partial charge in [-0.05, 0) is 33.8 Å². The van der Waals surface area contributed by atoms with Gasteiger partial charge in [0.2, 0.25) is 0 Å². The Balaban J connectivity index is 2.83. The minimum absolute atomic E-state index is 0.0361. The summed E-state index contributed by atoms with van der Waals surface area (Å²) in [6, 6.07) is 6.40. The van der Waals surface area contributed by atoms with Gasteiger partial charge in [-0.3, -0.25) is 4.79 Å². The summed E-state index contributed by atoms with van der Waals surface area (Å²) >= 11 is 0. The highest BCUT2D eigenvalue weighted by Gasteiger charge is 2.31. The zero-order valence-electron chi connectivity index (χ0n) is 11.2. The third-order valence-electron chi connectivity index (χ3n) is 2.39. The van der Waals surface area contributed by atoms with E-state index in [-0.39, 0.29) is 12.2 Å². The summed E-state index contributed by atoms with van der Waals surface area (Å²) in [5, 5.41) is 20.0. The number of rotatable bonds is 3. The number of aliphatic hydroxyl groups is 1. The monoisotopic (exact) mass is 252 g/mol. The molecule has 4 heteroatoms. The van der Waals surface area contributed by atoms with Gasteiger partial charge < -0.3 is 14.9 Å². The molecule has 0 bridgehead atoms. The Bertz CT molecular complexity index is 430. The number of benzene rings is 1. The Hall–Kier alpha value is -1.55. The van der Waals surface area contributed by atoms with E-state index in [4.69, 9.17) is 4.74 Å². The molecule has 0 heterocycles. The molecular weight excluding hydrogens is 232 g/mol. The molecule has 0 aliphatic heterocycles. The topological polar surface area (TPSA) is 66.8 Å². The number of phenols is 1. The van der Waals surface area contributed by atoms with Crippen molar-refractivity contribution >= 4 is 5.97 Å². The molecule has 0 fully saturated rings. The average Bonchev–Trinajstić information content (AvgIpc) is 2.13. The van der Waals surface area contributed by atoms with Crippen LogP contribution in [0.4, 0.5) is 0 Å². The van der Waals surface area contributed by atoms with E-state index >= 15 is 0 Å². The molecule has 0 saturated heterocycles. The smallest absolute Gasteiger partial charge is 0.309 e. The van der Waals surface area contributed by atoms with Gasteiger partial charge in [-0.1, -0.05) is 18.2 Å². The molecule has 0 spiro atoms. The van der Waals surface area contributed by atoms with E-state index in [1.165, 1.54) is 13.0 Å². The number of hydrogen-bond acceptors (Lipinski definition) is 4. The molecule has 2 N–H and O–H groups in total. The first kappa shape index (κ1) is 14.5. The van der Waals surface area contributed by atoms with Crippen LogP contribution in [0.15, 0.2) is 24.3 Å². The lowest BCUT2D eigenvalue weighted by Crippen LogP contribution is -2.31. The van der Waals surface area contributed by atoms with Crippen LogP contribution in [0, 0.1) is 0 Å². The SMILES string of the molecule is CC(C)(C)OC(=O)C[C@](C)(O)c1ccccc1O. The fraction of sp³-hybridized carbons (Fsp3) is 0.500. The molecule has 0 radical (unpaired) electrons. The van der Waals surface area contributed by atoms with Crippen molar-refractivity contribution in [2.24, 2.45) is 0 Å². The lowest BCUT2D eigenvalue weighted by atomic mass is 9.92. The van der Waals surface area contributed by atoms with Gasteiger partial charge in [0.05, 0.1) is 6.42 Å². The fourth-order valence-corrected chi connectivity index (χ4v) is 1.68. The number of esters is 1. The Morgan fingerprint density at radius 1 is 1.22 bits per heavy atom. The van der Waals surface area contributed by atoms with Gasteiger partial charge in [0.25, 0.3) is 0 Å². The maximum Gasteiger partial charge on any atom is 0.309 e.